The molecule has 0 aliphatic heterocycles. The monoisotopic (exact) mass is 305 g/mol. The van der Waals surface area contributed by atoms with Crippen LogP contribution in [0.5, 0.6) is 0 Å². The van der Waals surface area contributed by atoms with Gasteiger partial charge >= 0.3 is 6.09 Å². The average molecular weight is 306 g/mol. The van der Waals surface area contributed by atoms with E-state index in [0.717, 1.165) is 0 Å². The first-order valence-electron chi connectivity index (χ1n) is 5.26. The molecule has 1 aromatic rings. The summed E-state index contributed by atoms with van der Waals surface area (Å²) in [6, 6.07) is 5.29. The van der Waals surface area contributed by atoms with Gasteiger partial charge in [0, 0.05) is 11.4 Å². The molecule has 0 saturated carbocycles. The lowest BCUT2D eigenvalue weighted by Crippen LogP contribution is -2.31. The Balaban J connectivity index is 2.62. The molecule has 0 aromatic heterocycles. The van der Waals surface area contributed by atoms with E-state index in [0.29, 0.717) is 5.02 Å². The van der Waals surface area contributed by atoms with E-state index < -0.39 is 16.1 Å². The zero-order chi connectivity index (χ0) is 14.5. The van der Waals surface area contributed by atoms with Crippen molar-refractivity contribution in [3.05, 3.63) is 29.3 Å². The van der Waals surface area contributed by atoms with Crippen molar-refractivity contribution in [2.45, 2.75) is 18.2 Å². The number of carbonyl (C=O) groups excluding carboxylic acids is 2. The Morgan fingerprint density at radius 1 is 1.26 bits per heavy atom. The Kier molecular flexibility index (Phi) is 5.31. The van der Waals surface area contributed by atoms with Crippen LogP contribution in [0.25, 0.3) is 0 Å². The van der Waals surface area contributed by atoms with Crippen LogP contribution in [0.3, 0.4) is 0 Å². The predicted octanol–water partition coefficient (Wildman–Crippen LogP) is 1.73. The number of benzene rings is 1. The van der Waals surface area contributed by atoms with E-state index in [1.54, 1.807) is 4.72 Å². The number of carbonyl (C=O) groups is 2. The third-order valence-electron chi connectivity index (χ3n) is 2.03. The van der Waals surface area contributed by atoms with Crippen molar-refractivity contribution in [3.63, 3.8) is 0 Å². The molecule has 0 heterocycles. The first kappa shape index (κ1) is 15.5. The van der Waals surface area contributed by atoms with Crippen LogP contribution in [0.2, 0.25) is 5.02 Å². The number of halogens is 1. The number of rotatable bonds is 5. The molecule has 6 nitrogen and oxygen atoms in total. The molecular weight excluding hydrogens is 294 g/mol. The molecule has 0 unspecified atom stereocenters. The molecule has 1 amide bonds. The van der Waals surface area contributed by atoms with Crippen molar-refractivity contribution in [1.29, 1.82) is 0 Å². The van der Waals surface area contributed by atoms with Crippen LogP contribution in [0, 0.1) is 0 Å². The minimum atomic E-state index is -4.00. The summed E-state index contributed by atoms with van der Waals surface area (Å²) < 4.78 is 29.7. The van der Waals surface area contributed by atoms with E-state index in [2.05, 4.69) is 4.74 Å². The van der Waals surface area contributed by atoms with E-state index >= 15 is 0 Å². The number of Topliss-reactive ketones (excluding diaryl/α,β-unsaturated/α-hetero) is 1. The third-order valence-corrected chi connectivity index (χ3v) is 3.61. The zero-order valence-electron chi connectivity index (χ0n) is 10.1. The largest absolute Gasteiger partial charge is 0.448 e. The fourth-order valence-electron chi connectivity index (χ4n) is 1.10. The number of ether oxygens (including phenoxy) is 1. The topological polar surface area (TPSA) is 89.5 Å². The Morgan fingerprint density at radius 3 is 2.37 bits per heavy atom. The molecule has 0 aliphatic carbocycles. The maximum Gasteiger partial charge on any atom is 0.421 e. The van der Waals surface area contributed by atoms with Crippen LogP contribution in [-0.2, 0) is 19.6 Å². The SMILES string of the molecule is CC(=O)CCOC(=O)NS(=O)(=O)c1ccc(Cl)cc1. The lowest BCUT2D eigenvalue weighted by Gasteiger charge is -2.07. The first-order valence-corrected chi connectivity index (χ1v) is 7.12. The highest BCUT2D eigenvalue weighted by atomic mass is 35.5. The maximum absolute atomic E-state index is 11.7. The van der Waals surface area contributed by atoms with Gasteiger partial charge in [0.1, 0.15) is 12.4 Å². The first-order chi connectivity index (χ1) is 8.81. The van der Waals surface area contributed by atoms with E-state index in [-0.39, 0.29) is 23.7 Å². The summed E-state index contributed by atoms with van der Waals surface area (Å²) in [5.74, 6) is -0.159. The van der Waals surface area contributed by atoms with Crippen LogP contribution < -0.4 is 4.72 Å². The van der Waals surface area contributed by atoms with Crippen molar-refractivity contribution < 1.29 is 22.7 Å². The second kappa shape index (κ2) is 6.53. The van der Waals surface area contributed by atoms with Crippen molar-refractivity contribution in [2.75, 3.05) is 6.61 Å². The minimum absolute atomic E-state index is 0.0361. The lowest BCUT2D eigenvalue weighted by molar-refractivity contribution is -0.117. The van der Waals surface area contributed by atoms with Gasteiger partial charge in [0.25, 0.3) is 10.0 Å². The normalized spacial score (nSPS) is 10.8. The maximum atomic E-state index is 11.7. The number of ketones is 1. The number of nitrogens with one attached hydrogen (secondary N) is 1. The average Bonchev–Trinajstić information content (AvgIpc) is 2.28. The van der Waals surface area contributed by atoms with Gasteiger partial charge < -0.3 is 4.74 Å². The Labute approximate surface area is 115 Å². The number of hydrogen-bond donors (Lipinski definition) is 1. The molecule has 0 spiro atoms. The predicted molar refractivity (Wildman–Crippen MR) is 68.4 cm³/mol. The Bertz CT molecular complexity index is 567. The summed E-state index contributed by atoms with van der Waals surface area (Å²) in [7, 11) is -4.00. The van der Waals surface area contributed by atoms with Gasteiger partial charge in [-0.05, 0) is 31.2 Å². The van der Waals surface area contributed by atoms with Crippen LogP contribution in [0.1, 0.15) is 13.3 Å². The van der Waals surface area contributed by atoms with Gasteiger partial charge in [-0.25, -0.2) is 17.9 Å². The molecule has 0 atom stereocenters. The summed E-state index contributed by atoms with van der Waals surface area (Å²) in [6.07, 6.45) is -1.09. The van der Waals surface area contributed by atoms with Crippen LogP contribution in [0.4, 0.5) is 4.79 Å². The number of hydrogen-bond acceptors (Lipinski definition) is 5. The van der Waals surface area contributed by atoms with Gasteiger partial charge in [-0.2, -0.15) is 0 Å². The van der Waals surface area contributed by atoms with E-state index in [1.165, 1.54) is 31.2 Å². The fraction of sp³-hybridized carbons (Fsp3) is 0.273. The van der Waals surface area contributed by atoms with Gasteiger partial charge in [-0.15, -0.1) is 0 Å². The Hall–Kier alpha value is -1.60. The molecule has 19 heavy (non-hydrogen) atoms. The van der Waals surface area contributed by atoms with Crippen molar-refractivity contribution in [1.82, 2.24) is 4.72 Å². The molecule has 1 aromatic carbocycles. The summed E-state index contributed by atoms with van der Waals surface area (Å²) in [6.45, 7) is 1.17. The molecule has 0 bridgehead atoms. The second-order valence-corrected chi connectivity index (χ2v) is 5.77. The van der Waals surface area contributed by atoms with Crippen LogP contribution in [0.15, 0.2) is 29.2 Å². The molecular formula is C11H12ClNO5S. The molecule has 0 fully saturated rings. The third kappa shape index (κ3) is 5.27. The minimum Gasteiger partial charge on any atom is -0.448 e. The molecule has 0 radical (unpaired) electrons. The lowest BCUT2D eigenvalue weighted by atomic mass is 10.3. The highest BCUT2D eigenvalue weighted by Gasteiger charge is 2.18. The molecule has 0 saturated heterocycles. The molecule has 8 heteroatoms. The number of sulfonamides is 1. The molecule has 1 rings (SSSR count). The molecule has 104 valence electrons. The summed E-state index contributed by atoms with van der Waals surface area (Å²) in [5, 5.41) is 0.378. The van der Waals surface area contributed by atoms with Crippen molar-refractivity contribution in [3.8, 4) is 0 Å². The van der Waals surface area contributed by atoms with Gasteiger partial charge in [-0.3, -0.25) is 4.79 Å². The van der Waals surface area contributed by atoms with Gasteiger partial charge in [0.05, 0.1) is 4.90 Å². The highest BCUT2D eigenvalue weighted by Crippen LogP contribution is 2.13. The smallest absolute Gasteiger partial charge is 0.421 e. The van der Waals surface area contributed by atoms with Gasteiger partial charge in [0.15, 0.2) is 0 Å². The standard InChI is InChI=1S/C11H12ClNO5S/c1-8(14)6-7-18-11(15)13-19(16,17)10-4-2-9(12)3-5-10/h2-5H,6-7H2,1H3,(H,13,15). The van der Waals surface area contributed by atoms with E-state index in [1.807, 2.05) is 0 Å². The van der Waals surface area contributed by atoms with Gasteiger partial charge in [-0.1, -0.05) is 11.6 Å². The summed E-state index contributed by atoms with van der Waals surface area (Å²) in [4.78, 5) is 21.7. The van der Waals surface area contributed by atoms with E-state index in [4.69, 9.17) is 11.6 Å². The fourth-order valence-corrected chi connectivity index (χ4v) is 2.12. The second-order valence-electron chi connectivity index (χ2n) is 3.65. The summed E-state index contributed by atoms with van der Waals surface area (Å²) in [5.41, 5.74) is 0. The van der Waals surface area contributed by atoms with Crippen LogP contribution >= 0.6 is 11.6 Å². The van der Waals surface area contributed by atoms with E-state index in [9.17, 15) is 18.0 Å². The van der Waals surface area contributed by atoms with Gasteiger partial charge in [0.2, 0.25) is 0 Å². The highest BCUT2D eigenvalue weighted by molar-refractivity contribution is 7.90. The molecule has 1 N–H and O–H groups in total. The summed E-state index contributed by atoms with van der Waals surface area (Å²) >= 11 is 5.63. The quantitative estimate of drug-likeness (QED) is 0.895. The van der Waals surface area contributed by atoms with Crippen molar-refractivity contribution in [2.24, 2.45) is 0 Å². The zero-order valence-corrected chi connectivity index (χ0v) is 11.6. The van der Waals surface area contributed by atoms with Crippen LogP contribution in [-0.4, -0.2) is 26.9 Å². The number of amides is 1. The molecule has 0 aliphatic rings. The van der Waals surface area contributed by atoms with Crippen molar-refractivity contribution >= 4 is 33.5 Å². The Morgan fingerprint density at radius 2 is 1.84 bits per heavy atom.